The fraction of sp³-hybridized carbons (Fsp3) is 0.435. The van der Waals surface area contributed by atoms with Gasteiger partial charge in [0.25, 0.3) is 0 Å². The number of piperazine rings is 1. The van der Waals surface area contributed by atoms with Crippen molar-refractivity contribution >= 4 is 29.3 Å². The lowest BCUT2D eigenvalue weighted by molar-refractivity contribution is 0.00872. The monoisotopic (exact) mass is 449 g/mol. The minimum Gasteiger partial charge on any atom is -0.444 e. The lowest BCUT2D eigenvalue weighted by Gasteiger charge is -2.42. The average Bonchev–Trinajstić information content (AvgIpc) is 2.69. The van der Waals surface area contributed by atoms with Crippen molar-refractivity contribution in [3.05, 3.63) is 69.7 Å². The summed E-state index contributed by atoms with van der Waals surface area (Å²) in [5.74, 6) is 0. The van der Waals surface area contributed by atoms with Crippen molar-refractivity contribution in [1.82, 2.24) is 9.80 Å². The number of hydrogen-bond donors (Lipinski definition) is 1. The molecule has 2 N–H and O–H groups in total. The van der Waals surface area contributed by atoms with Crippen molar-refractivity contribution in [2.75, 3.05) is 26.2 Å². The minimum absolute atomic E-state index is 0.167. The highest BCUT2D eigenvalue weighted by molar-refractivity contribution is 6.31. The van der Waals surface area contributed by atoms with Gasteiger partial charge in [-0.15, -0.1) is 0 Å². The first-order valence-electron chi connectivity index (χ1n) is 10.1. The molecule has 2 aromatic rings. The molecule has 7 heteroatoms. The molecule has 1 aliphatic rings. The lowest BCUT2D eigenvalue weighted by Crippen LogP contribution is -2.52. The Balaban J connectivity index is 1.83. The van der Waals surface area contributed by atoms with Gasteiger partial charge in [-0.05, 0) is 44.0 Å². The quantitative estimate of drug-likeness (QED) is 0.688. The molecule has 30 heavy (non-hydrogen) atoms. The molecule has 1 fully saturated rings. The second-order valence-corrected chi connectivity index (χ2v) is 9.33. The van der Waals surface area contributed by atoms with Crippen LogP contribution in [0, 0.1) is 0 Å². The van der Waals surface area contributed by atoms with E-state index in [1.807, 2.05) is 69.3 Å². The molecule has 0 saturated carbocycles. The number of halogens is 2. The van der Waals surface area contributed by atoms with Gasteiger partial charge in [0.2, 0.25) is 0 Å². The third kappa shape index (κ3) is 5.46. The van der Waals surface area contributed by atoms with Crippen molar-refractivity contribution in [2.24, 2.45) is 5.73 Å². The summed E-state index contributed by atoms with van der Waals surface area (Å²) in [6.07, 6.45) is -0.285. The summed E-state index contributed by atoms with van der Waals surface area (Å²) in [5, 5.41) is 1.30. The number of ether oxygens (including phenoxy) is 1. The predicted octanol–water partition coefficient (Wildman–Crippen LogP) is 5.29. The van der Waals surface area contributed by atoms with E-state index in [2.05, 4.69) is 4.90 Å². The predicted molar refractivity (Wildman–Crippen MR) is 122 cm³/mol. The highest BCUT2D eigenvalue weighted by Crippen LogP contribution is 2.38. The Hall–Kier alpha value is -1.79. The number of nitrogens with zero attached hydrogens (tertiary/aromatic N) is 2. The maximum atomic E-state index is 12.4. The summed E-state index contributed by atoms with van der Waals surface area (Å²) < 4.78 is 5.51. The van der Waals surface area contributed by atoms with Gasteiger partial charge in [0.1, 0.15) is 5.60 Å². The van der Waals surface area contributed by atoms with E-state index < -0.39 is 5.60 Å². The molecule has 1 amide bonds. The summed E-state index contributed by atoms with van der Waals surface area (Å²) in [6.45, 7) is 8.06. The van der Waals surface area contributed by atoms with Crippen molar-refractivity contribution < 1.29 is 9.53 Å². The van der Waals surface area contributed by atoms with E-state index in [1.165, 1.54) is 0 Å². The SMILES string of the molecule is CC(C)(C)OC(=O)N1CCN([C@H](c2ccccc2Cl)[C@@H](N)c2ccccc2Cl)CC1. The third-order valence-corrected chi connectivity index (χ3v) is 5.88. The van der Waals surface area contributed by atoms with E-state index in [1.54, 1.807) is 4.90 Å². The fourth-order valence-electron chi connectivity index (χ4n) is 3.76. The molecular formula is C23H29Cl2N3O2. The maximum Gasteiger partial charge on any atom is 0.410 e. The van der Waals surface area contributed by atoms with Crippen LogP contribution in [0.15, 0.2) is 48.5 Å². The molecule has 0 aromatic heterocycles. The highest BCUT2D eigenvalue weighted by Gasteiger charge is 2.34. The number of carbonyl (C=O) groups is 1. The van der Waals surface area contributed by atoms with Crippen LogP contribution in [0.1, 0.15) is 44.0 Å². The maximum absolute atomic E-state index is 12.4. The number of amides is 1. The fourth-order valence-corrected chi connectivity index (χ4v) is 4.27. The van der Waals surface area contributed by atoms with Crippen LogP contribution in [-0.4, -0.2) is 47.7 Å². The summed E-state index contributed by atoms with van der Waals surface area (Å²) in [5.41, 5.74) is 8.08. The summed E-state index contributed by atoms with van der Waals surface area (Å²) in [4.78, 5) is 16.5. The third-order valence-electron chi connectivity index (χ3n) is 5.19. The molecule has 1 saturated heterocycles. The van der Waals surface area contributed by atoms with E-state index in [-0.39, 0.29) is 18.2 Å². The van der Waals surface area contributed by atoms with Gasteiger partial charge in [0.15, 0.2) is 0 Å². The van der Waals surface area contributed by atoms with Crippen LogP contribution < -0.4 is 5.73 Å². The van der Waals surface area contributed by atoms with Crippen LogP contribution in [0.25, 0.3) is 0 Å². The van der Waals surface area contributed by atoms with E-state index in [9.17, 15) is 4.79 Å². The largest absolute Gasteiger partial charge is 0.444 e. The van der Waals surface area contributed by atoms with E-state index >= 15 is 0 Å². The molecule has 0 unspecified atom stereocenters. The van der Waals surface area contributed by atoms with E-state index in [0.29, 0.717) is 36.2 Å². The van der Waals surface area contributed by atoms with Crippen LogP contribution in [0.2, 0.25) is 10.0 Å². The molecule has 1 aliphatic heterocycles. The second kappa shape index (κ2) is 9.56. The highest BCUT2D eigenvalue weighted by atomic mass is 35.5. The van der Waals surface area contributed by atoms with Crippen molar-refractivity contribution in [3.8, 4) is 0 Å². The van der Waals surface area contributed by atoms with Crippen LogP contribution in [0.3, 0.4) is 0 Å². The Kier molecular flexibility index (Phi) is 7.30. The second-order valence-electron chi connectivity index (χ2n) is 8.52. The molecule has 0 bridgehead atoms. The normalized spacial score (nSPS) is 17.5. The zero-order chi connectivity index (χ0) is 21.9. The number of hydrogen-bond acceptors (Lipinski definition) is 4. The van der Waals surface area contributed by atoms with Crippen LogP contribution in [0.4, 0.5) is 4.79 Å². The van der Waals surface area contributed by atoms with Crippen LogP contribution in [0.5, 0.6) is 0 Å². The zero-order valence-corrected chi connectivity index (χ0v) is 19.2. The topological polar surface area (TPSA) is 58.8 Å². The molecule has 2 atom stereocenters. The Morgan fingerprint density at radius 2 is 1.43 bits per heavy atom. The smallest absolute Gasteiger partial charge is 0.410 e. The van der Waals surface area contributed by atoms with Crippen LogP contribution >= 0.6 is 23.2 Å². The molecule has 3 rings (SSSR count). The molecule has 5 nitrogen and oxygen atoms in total. The van der Waals surface area contributed by atoms with Crippen molar-refractivity contribution in [2.45, 2.75) is 38.5 Å². The van der Waals surface area contributed by atoms with E-state index in [4.69, 9.17) is 33.7 Å². The van der Waals surface area contributed by atoms with Gasteiger partial charge in [0, 0.05) is 36.2 Å². The molecular weight excluding hydrogens is 421 g/mol. The Bertz CT molecular complexity index is 877. The van der Waals surface area contributed by atoms with Gasteiger partial charge in [-0.25, -0.2) is 4.79 Å². The first-order valence-corrected chi connectivity index (χ1v) is 10.9. The summed E-state index contributed by atoms with van der Waals surface area (Å²) in [6, 6.07) is 14.8. The standard InChI is InChI=1S/C23H29Cl2N3O2/c1-23(2,3)30-22(29)28-14-12-27(13-15-28)21(17-9-5-7-11-19(17)25)20(26)16-8-4-6-10-18(16)24/h4-11,20-21H,12-15,26H2,1-3H3/t20-,21+/m0/s1. The Labute approximate surface area is 188 Å². The Morgan fingerprint density at radius 1 is 0.933 bits per heavy atom. The molecule has 162 valence electrons. The van der Waals surface area contributed by atoms with Gasteiger partial charge in [-0.1, -0.05) is 59.6 Å². The number of carbonyl (C=O) groups excluding carboxylic acids is 1. The van der Waals surface area contributed by atoms with Gasteiger partial charge >= 0.3 is 6.09 Å². The first-order chi connectivity index (χ1) is 14.2. The van der Waals surface area contributed by atoms with Crippen LogP contribution in [-0.2, 0) is 4.74 Å². The molecule has 1 heterocycles. The van der Waals surface area contributed by atoms with Gasteiger partial charge in [-0.3, -0.25) is 4.90 Å². The molecule has 0 spiro atoms. The van der Waals surface area contributed by atoms with E-state index in [0.717, 1.165) is 11.1 Å². The minimum atomic E-state index is -0.513. The molecule has 0 aliphatic carbocycles. The number of nitrogens with two attached hydrogens (primary N) is 1. The molecule has 0 radical (unpaired) electrons. The Morgan fingerprint density at radius 3 is 1.93 bits per heavy atom. The number of benzene rings is 2. The summed E-state index contributed by atoms with van der Waals surface area (Å²) in [7, 11) is 0. The van der Waals surface area contributed by atoms with Gasteiger partial charge < -0.3 is 15.4 Å². The average molecular weight is 450 g/mol. The first kappa shape index (κ1) is 22.9. The molecule has 2 aromatic carbocycles. The number of rotatable bonds is 4. The zero-order valence-electron chi connectivity index (χ0n) is 17.6. The van der Waals surface area contributed by atoms with Gasteiger partial charge in [-0.2, -0.15) is 0 Å². The lowest BCUT2D eigenvalue weighted by atomic mass is 9.92. The van der Waals surface area contributed by atoms with Gasteiger partial charge in [0.05, 0.1) is 12.1 Å². The van der Waals surface area contributed by atoms with Crippen molar-refractivity contribution in [3.63, 3.8) is 0 Å². The summed E-state index contributed by atoms with van der Waals surface area (Å²) >= 11 is 13.0. The van der Waals surface area contributed by atoms with Crippen molar-refractivity contribution in [1.29, 1.82) is 0 Å².